The number of thiazole rings is 1. The zero-order chi connectivity index (χ0) is 14.7. The summed E-state index contributed by atoms with van der Waals surface area (Å²) in [6.07, 6.45) is 3.42. The Morgan fingerprint density at radius 2 is 2.38 bits per heavy atom. The maximum atomic E-state index is 11.9. The summed E-state index contributed by atoms with van der Waals surface area (Å²) in [5, 5.41) is 5.12. The van der Waals surface area contributed by atoms with E-state index in [1.54, 1.807) is 12.4 Å². The fraction of sp³-hybridized carbons (Fsp3) is 0.231. The molecule has 1 fully saturated rings. The van der Waals surface area contributed by atoms with Gasteiger partial charge in [-0.2, -0.15) is 0 Å². The zero-order valence-corrected chi connectivity index (χ0v) is 12.6. The molecule has 0 atom stereocenters. The van der Waals surface area contributed by atoms with Gasteiger partial charge in [0.15, 0.2) is 5.13 Å². The van der Waals surface area contributed by atoms with Crippen LogP contribution in [0.25, 0.3) is 11.3 Å². The number of nitrogens with one attached hydrogen (secondary N) is 1. The van der Waals surface area contributed by atoms with Crippen molar-refractivity contribution in [1.29, 1.82) is 0 Å². The molecule has 3 rings (SSSR count). The standard InChI is InChI=1S/C13H12N4O2S2/c18-11(5-17-8-20-7-12(17)19)16-13-15-10(6-21-13)9-2-1-3-14-4-9/h1-4,6H,5,7-8H2,(H,15,16,18). The first-order chi connectivity index (χ1) is 10.2. The van der Waals surface area contributed by atoms with Crippen LogP contribution in [0.3, 0.4) is 0 Å². The van der Waals surface area contributed by atoms with E-state index < -0.39 is 0 Å². The zero-order valence-electron chi connectivity index (χ0n) is 11.0. The smallest absolute Gasteiger partial charge is 0.245 e. The molecule has 1 aliphatic heterocycles. The number of rotatable bonds is 4. The lowest BCUT2D eigenvalue weighted by molar-refractivity contribution is -0.130. The Bertz CT molecular complexity index is 659. The minimum atomic E-state index is -0.224. The van der Waals surface area contributed by atoms with Crippen molar-refractivity contribution in [2.45, 2.75) is 0 Å². The third-order valence-corrected chi connectivity index (χ3v) is 4.57. The van der Waals surface area contributed by atoms with Crippen LogP contribution in [-0.2, 0) is 9.59 Å². The Hall–Kier alpha value is -1.93. The van der Waals surface area contributed by atoms with E-state index >= 15 is 0 Å². The number of hydrogen-bond acceptors (Lipinski definition) is 6. The van der Waals surface area contributed by atoms with Crippen molar-refractivity contribution in [2.75, 3.05) is 23.5 Å². The van der Waals surface area contributed by atoms with Gasteiger partial charge in [-0.3, -0.25) is 14.6 Å². The third-order valence-electron chi connectivity index (χ3n) is 2.87. The topological polar surface area (TPSA) is 75.2 Å². The van der Waals surface area contributed by atoms with E-state index in [1.165, 1.54) is 28.0 Å². The number of amides is 2. The Morgan fingerprint density at radius 1 is 1.48 bits per heavy atom. The molecule has 1 aliphatic rings. The molecule has 0 unspecified atom stereocenters. The van der Waals surface area contributed by atoms with Gasteiger partial charge < -0.3 is 10.2 Å². The molecule has 1 saturated heterocycles. The van der Waals surface area contributed by atoms with Crippen molar-refractivity contribution in [3.05, 3.63) is 29.9 Å². The van der Waals surface area contributed by atoms with E-state index in [1.807, 2.05) is 17.5 Å². The van der Waals surface area contributed by atoms with Crippen LogP contribution in [0.2, 0.25) is 0 Å². The number of pyridine rings is 1. The highest BCUT2D eigenvalue weighted by Crippen LogP contribution is 2.24. The third kappa shape index (κ3) is 3.40. The van der Waals surface area contributed by atoms with Crippen LogP contribution in [0.5, 0.6) is 0 Å². The highest BCUT2D eigenvalue weighted by molar-refractivity contribution is 8.00. The molecular formula is C13H12N4O2S2. The number of carbonyl (C=O) groups excluding carboxylic acids is 2. The van der Waals surface area contributed by atoms with Gasteiger partial charge in [-0.1, -0.05) is 0 Å². The van der Waals surface area contributed by atoms with Crippen molar-refractivity contribution in [1.82, 2.24) is 14.9 Å². The van der Waals surface area contributed by atoms with E-state index in [0.717, 1.165) is 11.3 Å². The molecule has 0 aromatic carbocycles. The van der Waals surface area contributed by atoms with E-state index in [9.17, 15) is 9.59 Å². The Kier molecular flexibility index (Phi) is 4.16. The second kappa shape index (κ2) is 6.23. The molecule has 0 aliphatic carbocycles. The molecule has 3 heterocycles. The van der Waals surface area contributed by atoms with Crippen LogP contribution < -0.4 is 5.32 Å². The summed E-state index contributed by atoms with van der Waals surface area (Å²) < 4.78 is 0. The van der Waals surface area contributed by atoms with Gasteiger partial charge >= 0.3 is 0 Å². The Morgan fingerprint density at radius 3 is 3.10 bits per heavy atom. The van der Waals surface area contributed by atoms with Crippen molar-refractivity contribution < 1.29 is 9.59 Å². The van der Waals surface area contributed by atoms with Gasteiger partial charge in [-0.15, -0.1) is 23.1 Å². The summed E-state index contributed by atoms with van der Waals surface area (Å²) in [6, 6.07) is 3.75. The Labute approximate surface area is 129 Å². The molecule has 2 amide bonds. The number of thioether (sulfide) groups is 1. The molecule has 2 aromatic rings. The van der Waals surface area contributed by atoms with Gasteiger partial charge in [0, 0.05) is 23.3 Å². The van der Waals surface area contributed by atoms with Gasteiger partial charge in [0.1, 0.15) is 6.54 Å². The summed E-state index contributed by atoms with van der Waals surface area (Å²) >= 11 is 2.87. The summed E-state index contributed by atoms with van der Waals surface area (Å²) in [4.78, 5) is 33.3. The molecule has 0 radical (unpaired) electrons. The maximum absolute atomic E-state index is 11.9. The lowest BCUT2D eigenvalue weighted by Gasteiger charge is -2.12. The second-order valence-electron chi connectivity index (χ2n) is 4.40. The molecule has 0 bridgehead atoms. The lowest BCUT2D eigenvalue weighted by Crippen LogP contribution is -2.34. The molecule has 0 saturated carbocycles. The van der Waals surface area contributed by atoms with Crippen LogP contribution in [0.4, 0.5) is 5.13 Å². The van der Waals surface area contributed by atoms with Crippen molar-refractivity contribution >= 4 is 40.0 Å². The predicted octanol–water partition coefficient (Wildman–Crippen LogP) is 1.68. The lowest BCUT2D eigenvalue weighted by atomic mass is 10.2. The van der Waals surface area contributed by atoms with Crippen LogP contribution in [0, 0.1) is 0 Å². The largest absolute Gasteiger partial charge is 0.323 e. The van der Waals surface area contributed by atoms with Gasteiger partial charge in [0.2, 0.25) is 11.8 Å². The minimum absolute atomic E-state index is 0.00494. The number of anilines is 1. The van der Waals surface area contributed by atoms with E-state index in [2.05, 4.69) is 15.3 Å². The quantitative estimate of drug-likeness (QED) is 0.927. The molecule has 0 spiro atoms. The molecule has 108 valence electrons. The SMILES string of the molecule is O=C(CN1CSCC1=O)Nc1nc(-c2cccnc2)cs1. The van der Waals surface area contributed by atoms with Gasteiger partial charge in [0.25, 0.3) is 0 Å². The van der Waals surface area contributed by atoms with E-state index in [-0.39, 0.29) is 18.4 Å². The highest BCUT2D eigenvalue weighted by Gasteiger charge is 2.23. The van der Waals surface area contributed by atoms with Crippen LogP contribution in [-0.4, -0.2) is 44.9 Å². The fourth-order valence-electron chi connectivity index (χ4n) is 1.85. The molecule has 1 N–H and O–H groups in total. The molecule has 6 nitrogen and oxygen atoms in total. The first-order valence-electron chi connectivity index (χ1n) is 6.23. The van der Waals surface area contributed by atoms with E-state index in [0.29, 0.717) is 16.8 Å². The first kappa shape index (κ1) is 14.0. The summed E-state index contributed by atoms with van der Waals surface area (Å²) in [7, 11) is 0. The first-order valence-corrected chi connectivity index (χ1v) is 8.27. The average molecular weight is 320 g/mol. The molecule has 8 heteroatoms. The van der Waals surface area contributed by atoms with Crippen molar-refractivity contribution in [2.24, 2.45) is 0 Å². The predicted molar refractivity (Wildman–Crippen MR) is 83.0 cm³/mol. The minimum Gasteiger partial charge on any atom is -0.323 e. The number of aromatic nitrogens is 2. The van der Waals surface area contributed by atoms with Gasteiger partial charge in [-0.05, 0) is 12.1 Å². The van der Waals surface area contributed by atoms with E-state index in [4.69, 9.17) is 0 Å². The number of nitrogens with zero attached hydrogens (tertiary/aromatic N) is 3. The van der Waals surface area contributed by atoms with Crippen molar-refractivity contribution in [3.8, 4) is 11.3 Å². The summed E-state index contributed by atoms with van der Waals surface area (Å²) in [6.45, 7) is 0.0770. The normalized spacial score (nSPS) is 14.5. The average Bonchev–Trinajstić information content (AvgIpc) is 3.10. The van der Waals surface area contributed by atoms with Crippen LogP contribution in [0.1, 0.15) is 0 Å². The summed E-state index contributed by atoms with van der Waals surface area (Å²) in [5.41, 5.74) is 1.68. The van der Waals surface area contributed by atoms with Crippen LogP contribution >= 0.6 is 23.1 Å². The fourth-order valence-corrected chi connectivity index (χ4v) is 3.49. The van der Waals surface area contributed by atoms with Crippen molar-refractivity contribution in [3.63, 3.8) is 0 Å². The Balaban J connectivity index is 1.62. The second-order valence-corrected chi connectivity index (χ2v) is 6.21. The molecule has 21 heavy (non-hydrogen) atoms. The maximum Gasteiger partial charge on any atom is 0.245 e. The monoisotopic (exact) mass is 320 g/mol. The molecule has 2 aromatic heterocycles. The van der Waals surface area contributed by atoms with Gasteiger partial charge in [0.05, 0.1) is 17.3 Å². The highest BCUT2D eigenvalue weighted by atomic mass is 32.2. The van der Waals surface area contributed by atoms with Crippen LogP contribution in [0.15, 0.2) is 29.9 Å². The summed E-state index contributed by atoms with van der Waals surface area (Å²) in [5.74, 6) is 0.809. The number of carbonyl (C=O) groups is 2. The van der Waals surface area contributed by atoms with Gasteiger partial charge in [-0.25, -0.2) is 4.98 Å². The number of hydrogen-bond donors (Lipinski definition) is 1. The molecular weight excluding hydrogens is 308 g/mol.